The van der Waals surface area contributed by atoms with Crippen LogP contribution in [0.25, 0.3) is 0 Å². The Bertz CT molecular complexity index is 413. The Morgan fingerprint density at radius 3 is 2.43 bits per heavy atom. The average molecular weight is 292 g/mol. The monoisotopic (exact) mass is 292 g/mol. The largest absolute Gasteiger partial charge is 0.491 e. The van der Waals surface area contributed by atoms with Crippen molar-refractivity contribution in [2.24, 2.45) is 5.73 Å². The average Bonchev–Trinajstić information content (AvgIpc) is 2.48. The minimum Gasteiger partial charge on any atom is -0.491 e. The Labute approximate surface area is 128 Å². The van der Waals surface area contributed by atoms with E-state index in [9.17, 15) is 0 Å². The van der Waals surface area contributed by atoms with Gasteiger partial charge in [-0.05, 0) is 51.4 Å². The molecule has 0 spiro atoms. The highest BCUT2D eigenvalue weighted by molar-refractivity contribution is 5.29. The van der Waals surface area contributed by atoms with Gasteiger partial charge in [0.25, 0.3) is 0 Å². The maximum Gasteiger partial charge on any atom is 0.119 e. The number of nitrogens with two attached hydrogens (primary N) is 1. The van der Waals surface area contributed by atoms with E-state index >= 15 is 0 Å². The third-order valence-electron chi connectivity index (χ3n) is 3.98. The molecule has 0 aliphatic carbocycles. The summed E-state index contributed by atoms with van der Waals surface area (Å²) in [7, 11) is 2.16. The van der Waals surface area contributed by atoms with Crippen LogP contribution in [0.5, 0.6) is 5.75 Å². The molecule has 1 saturated heterocycles. The first kappa shape index (κ1) is 16.3. The molecule has 0 bridgehead atoms. The van der Waals surface area contributed by atoms with Crippen LogP contribution < -0.4 is 10.5 Å². The first-order valence-electron chi connectivity index (χ1n) is 7.86. The molecule has 0 radical (unpaired) electrons. The molecule has 1 aliphatic rings. The second kappa shape index (κ2) is 7.78. The number of nitrogens with zero attached hydrogens (tertiary/aromatic N) is 1. The zero-order valence-corrected chi connectivity index (χ0v) is 13.4. The highest BCUT2D eigenvalue weighted by atomic mass is 16.5. The molecule has 21 heavy (non-hydrogen) atoms. The fraction of sp³-hybridized carbons (Fsp3) is 0.647. The van der Waals surface area contributed by atoms with Gasteiger partial charge in [-0.1, -0.05) is 12.1 Å². The van der Waals surface area contributed by atoms with Gasteiger partial charge in [0.1, 0.15) is 5.75 Å². The normalized spacial score (nSPS) is 18.2. The highest BCUT2D eigenvalue weighted by Crippen LogP contribution is 2.20. The van der Waals surface area contributed by atoms with Gasteiger partial charge in [-0.15, -0.1) is 0 Å². The van der Waals surface area contributed by atoms with Crippen molar-refractivity contribution in [1.29, 1.82) is 0 Å². The lowest BCUT2D eigenvalue weighted by atomic mass is 10.0. The minimum atomic E-state index is 0.0333. The third kappa shape index (κ3) is 4.99. The van der Waals surface area contributed by atoms with Crippen molar-refractivity contribution in [3.63, 3.8) is 0 Å². The lowest BCUT2D eigenvalue weighted by Crippen LogP contribution is -2.40. The first-order chi connectivity index (χ1) is 10.1. The van der Waals surface area contributed by atoms with E-state index in [0.717, 1.165) is 43.9 Å². The minimum absolute atomic E-state index is 0.0333. The molecular weight excluding hydrogens is 264 g/mol. The van der Waals surface area contributed by atoms with E-state index in [1.807, 2.05) is 26.0 Å². The molecule has 2 N–H and O–H groups in total. The molecule has 4 nitrogen and oxygen atoms in total. The van der Waals surface area contributed by atoms with E-state index in [1.165, 1.54) is 0 Å². The number of hydrogen-bond donors (Lipinski definition) is 1. The van der Waals surface area contributed by atoms with Gasteiger partial charge in [0.15, 0.2) is 0 Å². The second-order valence-corrected chi connectivity index (χ2v) is 6.13. The fourth-order valence-electron chi connectivity index (χ4n) is 2.76. The molecule has 1 heterocycles. The maximum absolute atomic E-state index is 6.34. The first-order valence-corrected chi connectivity index (χ1v) is 7.86. The molecule has 118 valence electrons. The summed E-state index contributed by atoms with van der Waals surface area (Å²) in [6.45, 7) is 6.66. The number of ether oxygens (including phenoxy) is 2. The van der Waals surface area contributed by atoms with Crippen LogP contribution in [0, 0.1) is 0 Å². The lowest BCUT2D eigenvalue weighted by Gasteiger charge is -2.32. The molecule has 0 amide bonds. The zero-order valence-electron chi connectivity index (χ0n) is 13.4. The van der Waals surface area contributed by atoms with E-state index in [1.54, 1.807) is 0 Å². The van der Waals surface area contributed by atoms with Crippen molar-refractivity contribution >= 4 is 0 Å². The van der Waals surface area contributed by atoms with Gasteiger partial charge in [0.05, 0.1) is 6.10 Å². The van der Waals surface area contributed by atoms with E-state index in [-0.39, 0.29) is 12.1 Å². The van der Waals surface area contributed by atoms with Crippen molar-refractivity contribution in [2.45, 2.75) is 44.9 Å². The summed E-state index contributed by atoms with van der Waals surface area (Å²) in [4.78, 5) is 2.37. The summed E-state index contributed by atoms with van der Waals surface area (Å²) >= 11 is 0. The standard InChI is InChI=1S/C17H28N2O2/c1-13(2)21-16-6-4-14(5-7-16)17(18)12-19(3)15-8-10-20-11-9-15/h4-7,13,15,17H,8-12,18H2,1-3H3. The molecule has 4 heteroatoms. The van der Waals surface area contributed by atoms with Gasteiger partial charge in [0, 0.05) is 31.8 Å². The second-order valence-electron chi connectivity index (χ2n) is 6.13. The van der Waals surface area contributed by atoms with E-state index in [4.69, 9.17) is 15.2 Å². The molecule has 2 rings (SSSR count). The number of benzene rings is 1. The van der Waals surface area contributed by atoms with Crippen molar-refractivity contribution in [3.05, 3.63) is 29.8 Å². The number of likely N-dealkylation sites (N-methyl/N-ethyl adjacent to an activating group) is 1. The van der Waals surface area contributed by atoms with Crippen LogP contribution in [0.4, 0.5) is 0 Å². The van der Waals surface area contributed by atoms with Crippen LogP contribution >= 0.6 is 0 Å². The van der Waals surface area contributed by atoms with Crippen LogP contribution in [-0.2, 0) is 4.74 Å². The summed E-state index contributed by atoms with van der Waals surface area (Å²) in [5.41, 5.74) is 7.50. The van der Waals surface area contributed by atoms with E-state index in [2.05, 4.69) is 24.1 Å². The maximum atomic E-state index is 6.34. The molecule has 1 fully saturated rings. The van der Waals surface area contributed by atoms with Gasteiger partial charge in [-0.25, -0.2) is 0 Å². The Kier molecular flexibility index (Phi) is 6.03. The van der Waals surface area contributed by atoms with Crippen molar-refractivity contribution < 1.29 is 9.47 Å². The molecule has 0 saturated carbocycles. The van der Waals surface area contributed by atoms with Crippen LogP contribution in [0.1, 0.15) is 38.3 Å². The summed E-state index contributed by atoms with van der Waals surface area (Å²) in [6, 6.07) is 8.77. The fourth-order valence-corrected chi connectivity index (χ4v) is 2.76. The van der Waals surface area contributed by atoms with Gasteiger partial charge < -0.3 is 20.1 Å². The van der Waals surface area contributed by atoms with Crippen molar-refractivity contribution in [2.75, 3.05) is 26.8 Å². The van der Waals surface area contributed by atoms with Gasteiger partial charge in [-0.2, -0.15) is 0 Å². The summed E-state index contributed by atoms with van der Waals surface area (Å²) in [6.07, 6.45) is 2.40. The SMILES string of the molecule is CC(C)Oc1ccc(C(N)CN(C)C2CCOCC2)cc1. The topological polar surface area (TPSA) is 47.7 Å². The van der Waals surface area contributed by atoms with Gasteiger partial charge in [-0.3, -0.25) is 0 Å². The van der Waals surface area contributed by atoms with Crippen LogP contribution in [0.3, 0.4) is 0 Å². The molecule has 1 unspecified atom stereocenters. The highest BCUT2D eigenvalue weighted by Gasteiger charge is 2.20. The molecule has 1 aliphatic heterocycles. The quantitative estimate of drug-likeness (QED) is 0.875. The molecular formula is C17H28N2O2. The Morgan fingerprint density at radius 1 is 1.24 bits per heavy atom. The third-order valence-corrected chi connectivity index (χ3v) is 3.98. The predicted molar refractivity (Wildman–Crippen MR) is 85.6 cm³/mol. The van der Waals surface area contributed by atoms with Crippen LogP contribution in [-0.4, -0.2) is 43.9 Å². The Hall–Kier alpha value is -1.10. The summed E-state index contributed by atoms with van der Waals surface area (Å²) in [5.74, 6) is 0.902. The van der Waals surface area contributed by atoms with Crippen LogP contribution in [0.2, 0.25) is 0 Å². The number of hydrogen-bond acceptors (Lipinski definition) is 4. The smallest absolute Gasteiger partial charge is 0.119 e. The predicted octanol–water partition coefficient (Wildman–Crippen LogP) is 2.58. The molecule has 0 aromatic heterocycles. The number of rotatable bonds is 6. The summed E-state index contributed by atoms with van der Waals surface area (Å²) < 4.78 is 11.1. The Morgan fingerprint density at radius 2 is 1.86 bits per heavy atom. The van der Waals surface area contributed by atoms with Crippen molar-refractivity contribution in [3.8, 4) is 5.75 Å². The molecule has 1 atom stereocenters. The van der Waals surface area contributed by atoms with Gasteiger partial charge in [0.2, 0.25) is 0 Å². The molecule has 1 aromatic rings. The van der Waals surface area contributed by atoms with Crippen LogP contribution in [0.15, 0.2) is 24.3 Å². The Balaban J connectivity index is 1.88. The van der Waals surface area contributed by atoms with Crippen molar-refractivity contribution in [1.82, 2.24) is 4.90 Å². The van der Waals surface area contributed by atoms with Gasteiger partial charge >= 0.3 is 0 Å². The summed E-state index contributed by atoms with van der Waals surface area (Å²) in [5, 5.41) is 0. The van der Waals surface area contributed by atoms with E-state index < -0.39 is 0 Å². The zero-order chi connectivity index (χ0) is 15.2. The molecule has 1 aromatic carbocycles. The van der Waals surface area contributed by atoms with E-state index in [0.29, 0.717) is 6.04 Å². The lowest BCUT2D eigenvalue weighted by molar-refractivity contribution is 0.0413.